The molecular weight excluding hydrogens is 548 g/mol. The van der Waals surface area contributed by atoms with Crippen LogP contribution >= 0.6 is 0 Å². The first-order valence-corrected chi connectivity index (χ1v) is 14.9. The fraction of sp³-hybridized carbons (Fsp3) is 0.194. The van der Waals surface area contributed by atoms with Crippen LogP contribution in [0.25, 0.3) is 10.9 Å². The number of carbonyl (C=O) groups is 1. The molecule has 222 valence electrons. The van der Waals surface area contributed by atoms with Crippen molar-refractivity contribution in [3.63, 3.8) is 0 Å². The zero-order chi connectivity index (χ0) is 30.1. The number of benzene rings is 4. The summed E-state index contributed by atoms with van der Waals surface area (Å²) in [6.07, 6.45) is 4.11. The fourth-order valence-corrected chi connectivity index (χ4v) is 5.49. The number of methoxy groups -OCH3 is 1. The van der Waals surface area contributed by atoms with Crippen molar-refractivity contribution >= 4 is 16.9 Å². The molecule has 0 radical (unpaired) electrons. The Morgan fingerprint density at radius 2 is 1.52 bits per heavy atom. The summed E-state index contributed by atoms with van der Waals surface area (Å²) < 4.78 is 7.54. The maximum absolute atomic E-state index is 13.3. The zero-order valence-corrected chi connectivity index (χ0v) is 24.7. The molecule has 0 unspecified atom stereocenters. The van der Waals surface area contributed by atoms with Crippen molar-refractivity contribution in [3.8, 4) is 5.75 Å². The highest BCUT2D eigenvalue weighted by atomic mass is 16.5. The summed E-state index contributed by atoms with van der Waals surface area (Å²) in [5.41, 5.74) is 5.51. The number of amides is 2. The summed E-state index contributed by atoms with van der Waals surface area (Å²) in [6, 6.07) is 35.8. The first kappa shape index (κ1) is 28.7. The lowest BCUT2D eigenvalue weighted by Crippen LogP contribution is -2.39. The largest absolute Gasteiger partial charge is 0.497 e. The number of rotatable bonds is 12. The molecule has 1 atom stereocenters. The van der Waals surface area contributed by atoms with Crippen LogP contribution in [0.1, 0.15) is 39.9 Å². The summed E-state index contributed by atoms with van der Waals surface area (Å²) in [5.74, 6) is 2.38. The molecule has 6 rings (SSSR count). The van der Waals surface area contributed by atoms with E-state index in [4.69, 9.17) is 9.84 Å². The van der Waals surface area contributed by atoms with E-state index in [9.17, 15) is 4.79 Å². The first-order valence-electron chi connectivity index (χ1n) is 14.9. The first-order chi connectivity index (χ1) is 21.7. The predicted molar refractivity (Wildman–Crippen MR) is 173 cm³/mol. The van der Waals surface area contributed by atoms with Crippen LogP contribution in [0, 0.1) is 0 Å². The van der Waals surface area contributed by atoms with Gasteiger partial charge in [-0.25, -0.2) is 4.79 Å². The second-order valence-corrected chi connectivity index (χ2v) is 10.8. The fourth-order valence-electron chi connectivity index (χ4n) is 5.49. The molecule has 44 heavy (non-hydrogen) atoms. The van der Waals surface area contributed by atoms with Gasteiger partial charge in [0.15, 0.2) is 5.82 Å². The van der Waals surface area contributed by atoms with Crippen LogP contribution in [0.3, 0.4) is 0 Å². The monoisotopic (exact) mass is 584 g/mol. The summed E-state index contributed by atoms with van der Waals surface area (Å²) in [7, 11) is 1.67. The minimum atomic E-state index is -0.429. The Balaban J connectivity index is 1.33. The van der Waals surface area contributed by atoms with Crippen molar-refractivity contribution < 1.29 is 9.53 Å². The van der Waals surface area contributed by atoms with Crippen LogP contribution in [0.15, 0.2) is 115 Å². The number of para-hydroxylation sites is 1. The molecule has 0 aliphatic heterocycles. The maximum atomic E-state index is 13.3. The molecule has 0 spiro atoms. The average molecular weight is 585 g/mol. The zero-order valence-electron chi connectivity index (χ0n) is 24.7. The molecule has 0 fully saturated rings. The SMILES string of the molecule is COc1ccc(Cn2c(CCc3ccccc3)nnc2[C@@H](Cc2c[nH]c3ccccc23)NC(=O)NCc2ccccc2)cc1. The summed E-state index contributed by atoms with van der Waals surface area (Å²) in [5, 5.41) is 16.8. The second kappa shape index (κ2) is 13.7. The van der Waals surface area contributed by atoms with Crippen LogP contribution in [-0.2, 0) is 32.4 Å². The number of carbonyl (C=O) groups excluding carboxylic acids is 1. The van der Waals surface area contributed by atoms with E-state index in [0.29, 0.717) is 31.8 Å². The van der Waals surface area contributed by atoms with Crippen molar-refractivity contribution in [1.82, 2.24) is 30.4 Å². The Morgan fingerprint density at radius 3 is 2.27 bits per heavy atom. The number of fused-ring (bicyclic) bond motifs is 1. The molecule has 3 N–H and O–H groups in total. The van der Waals surface area contributed by atoms with Crippen molar-refractivity contribution in [1.29, 1.82) is 0 Å². The highest BCUT2D eigenvalue weighted by Crippen LogP contribution is 2.26. The number of hydrogen-bond donors (Lipinski definition) is 3. The third kappa shape index (κ3) is 6.98. The summed E-state index contributed by atoms with van der Waals surface area (Å²) >= 11 is 0. The number of aromatic nitrogens is 4. The third-order valence-corrected chi connectivity index (χ3v) is 7.85. The normalized spacial score (nSPS) is 11.8. The Kier molecular flexibility index (Phi) is 8.97. The van der Waals surface area contributed by atoms with Gasteiger partial charge in [-0.15, -0.1) is 10.2 Å². The lowest BCUT2D eigenvalue weighted by molar-refractivity contribution is 0.235. The maximum Gasteiger partial charge on any atom is 0.315 e. The molecule has 0 bridgehead atoms. The van der Waals surface area contributed by atoms with Gasteiger partial charge in [0.25, 0.3) is 0 Å². The molecule has 0 aliphatic rings. The Bertz CT molecular complexity index is 1800. The van der Waals surface area contributed by atoms with Gasteiger partial charge < -0.3 is 24.9 Å². The number of aromatic amines is 1. The van der Waals surface area contributed by atoms with E-state index >= 15 is 0 Å². The van der Waals surface area contributed by atoms with Gasteiger partial charge >= 0.3 is 6.03 Å². The Hall–Kier alpha value is -5.37. The molecule has 0 saturated carbocycles. The van der Waals surface area contributed by atoms with Gasteiger partial charge in [0.1, 0.15) is 11.6 Å². The van der Waals surface area contributed by atoms with E-state index in [1.54, 1.807) is 7.11 Å². The smallest absolute Gasteiger partial charge is 0.315 e. The lowest BCUT2D eigenvalue weighted by atomic mass is 10.0. The second-order valence-electron chi connectivity index (χ2n) is 10.8. The molecule has 4 aromatic carbocycles. The highest BCUT2D eigenvalue weighted by molar-refractivity contribution is 5.83. The number of nitrogens with zero attached hydrogens (tertiary/aromatic N) is 3. The van der Waals surface area contributed by atoms with Gasteiger partial charge in [0.2, 0.25) is 0 Å². The number of aryl methyl sites for hydroxylation is 2. The molecular formula is C36H36N6O2. The number of nitrogens with one attached hydrogen (secondary N) is 3. The highest BCUT2D eigenvalue weighted by Gasteiger charge is 2.25. The minimum Gasteiger partial charge on any atom is -0.497 e. The molecule has 8 heteroatoms. The van der Waals surface area contributed by atoms with Gasteiger partial charge in [-0.3, -0.25) is 0 Å². The van der Waals surface area contributed by atoms with Gasteiger partial charge in [0.05, 0.1) is 19.7 Å². The Morgan fingerprint density at radius 1 is 0.818 bits per heavy atom. The van der Waals surface area contributed by atoms with Crippen molar-refractivity contribution in [3.05, 3.63) is 149 Å². The molecule has 8 nitrogen and oxygen atoms in total. The van der Waals surface area contributed by atoms with Gasteiger partial charge in [-0.2, -0.15) is 0 Å². The third-order valence-electron chi connectivity index (χ3n) is 7.85. The molecule has 2 heterocycles. The number of ether oxygens (including phenoxy) is 1. The molecule has 2 amide bonds. The number of hydrogen-bond acceptors (Lipinski definition) is 4. The quantitative estimate of drug-likeness (QED) is 0.155. The van der Waals surface area contributed by atoms with Crippen LogP contribution in [0.4, 0.5) is 4.79 Å². The van der Waals surface area contributed by atoms with E-state index in [1.807, 2.05) is 66.9 Å². The Labute approximate surface area is 257 Å². The summed E-state index contributed by atoms with van der Waals surface area (Å²) in [6.45, 7) is 0.988. The summed E-state index contributed by atoms with van der Waals surface area (Å²) in [4.78, 5) is 16.7. The van der Waals surface area contributed by atoms with Crippen molar-refractivity contribution in [2.75, 3.05) is 7.11 Å². The lowest BCUT2D eigenvalue weighted by Gasteiger charge is -2.21. The van der Waals surface area contributed by atoms with Crippen LogP contribution < -0.4 is 15.4 Å². The topological polar surface area (TPSA) is 96.9 Å². The van der Waals surface area contributed by atoms with Crippen LogP contribution in [0.2, 0.25) is 0 Å². The van der Waals surface area contributed by atoms with E-state index in [-0.39, 0.29) is 6.03 Å². The molecule has 0 aliphatic carbocycles. The standard InChI is InChI=1S/C36H36N6O2/c1-44-30-19-16-28(17-20-30)25-42-34(21-18-26-10-4-2-5-11-26)40-41-35(42)33(22-29-24-37-32-15-9-8-14-31(29)32)39-36(43)38-23-27-12-6-3-7-13-27/h2-17,19-20,24,33,37H,18,21-23,25H2,1H3,(H2,38,39,43)/t33-/m1/s1. The van der Waals surface area contributed by atoms with Gasteiger partial charge in [-0.05, 0) is 46.9 Å². The van der Waals surface area contributed by atoms with E-state index in [2.05, 4.69) is 73.8 Å². The van der Waals surface area contributed by atoms with Crippen LogP contribution in [0.5, 0.6) is 5.75 Å². The van der Waals surface area contributed by atoms with E-state index in [1.165, 1.54) is 5.56 Å². The van der Waals surface area contributed by atoms with Crippen LogP contribution in [-0.4, -0.2) is 32.9 Å². The van der Waals surface area contributed by atoms with E-state index in [0.717, 1.165) is 45.6 Å². The van der Waals surface area contributed by atoms with Gasteiger partial charge in [0, 0.05) is 36.5 Å². The minimum absolute atomic E-state index is 0.261. The number of H-pyrrole nitrogens is 1. The van der Waals surface area contributed by atoms with Crippen molar-refractivity contribution in [2.45, 2.75) is 38.4 Å². The predicted octanol–water partition coefficient (Wildman–Crippen LogP) is 6.38. The number of urea groups is 1. The molecule has 0 saturated heterocycles. The average Bonchev–Trinajstić information content (AvgIpc) is 3.67. The van der Waals surface area contributed by atoms with Gasteiger partial charge in [-0.1, -0.05) is 91.0 Å². The molecule has 2 aromatic heterocycles. The van der Waals surface area contributed by atoms with Crippen molar-refractivity contribution in [2.24, 2.45) is 0 Å². The van der Waals surface area contributed by atoms with E-state index < -0.39 is 6.04 Å². The molecule has 6 aromatic rings.